The number of rotatable bonds is 7. The topological polar surface area (TPSA) is 55.9 Å². The number of anilines is 2. The largest absolute Gasteiger partial charge is 0.368 e. The summed E-state index contributed by atoms with van der Waals surface area (Å²) in [4.78, 5) is 31.7. The molecule has 1 saturated heterocycles. The second-order valence-corrected chi connectivity index (χ2v) is 8.11. The fourth-order valence-electron chi connectivity index (χ4n) is 3.44. The van der Waals surface area contributed by atoms with Crippen LogP contribution >= 0.6 is 11.8 Å². The molecule has 2 aromatic rings. The van der Waals surface area contributed by atoms with Gasteiger partial charge in [0, 0.05) is 36.8 Å². The number of amides is 2. The van der Waals surface area contributed by atoms with E-state index >= 15 is 0 Å². The first-order chi connectivity index (χ1) is 14.5. The molecule has 0 saturated carbocycles. The van der Waals surface area contributed by atoms with Crippen LogP contribution in [-0.4, -0.2) is 74.2 Å². The van der Waals surface area contributed by atoms with E-state index in [1.54, 1.807) is 35.8 Å². The summed E-state index contributed by atoms with van der Waals surface area (Å²) in [6.45, 7) is 2.95. The molecule has 3 rings (SSSR count). The van der Waals surface area contributed by atoms with Crippen molar-refractivity contribution < 1.29 is 14.0 Å². The van der Waals surface area contributed by atoms with Gasteiger partial charge in [-0.15, -0.1) is 11.8 Å². The Bertz CT molecular complexity index is 870. The molecule has 1 heterocycles. The highest BCUT2D eigenvalue weighted by atomic mass is 32.2. The molecule has 0 bridgehead atoms. The summed E-state index contributed by atoms with van der Waals surface area (Å²) in [7, 11) is 1.77. The minimum Gasteiger partial charge on any atom is -0.368 e. The Hall–Kier alpha value is -2.58. The van der Waals surface area contributed by atoms with Gasteiger partial charge in [-0.25, -0.2) is 4.39 Å². The zero-order chi connectivity index (χ0) is 21.5. The molecule has 0 atom stereocenters. The van der Waals surface area contributed by atoms with Crippen molar-refractivity contribution in [3.05, 3.63) is 54.3 Å². The minimum atomic E-state index is -0.253. The number of carbonyl (C=O) groups is 2. The number of benzene rings is 2. The van der Waals surface area contributed by atoms with E-state index in [0.717, 1.165) is 16.3 Å². The Morgan fingerprint density at radius 1 is 1.03 bits per heavy atom. The first-order valence-corrected chi connectivity index (χ1v) is 11.1. The van der Waals surface area contributed by atoms with Gasteiger partial charge in [-0.1, -0.05) is 12.1 Å². The second kappa shape index (κ2) is 10.4. The summed E-state index contributed by atoms with van der Waals surface area (Å²) < 4.78 is 13.1. The Balaban J connectivity index is 1.44. The van der Waals surface area contributed by atoms with Crippen LogP contribution in [-0.2, 0) is 9.59 Å². The lowest BCUT2D eigenvalue weighted by molar-refractivity contribution is -0.132. The smallest absolute Gasteiger partial charge is 0.238 e. The van der Waals surface area contributed by atoms with Crippen LogP contribution in [0.15, 0.2) is 53.4 Å². The number of carbonyl (C=O) groups excluding carboxylic acids is 2. The number of hydrogen-bond acceptors (Lipinski definition) is 5. The van der Waals surface area contributed by atoms with Crippen molar-refractivity contribution in [1.29, 1.82) is 0 Å². The molecule has 0 unspecified atom stereocenters. The predicted molar refractivity (Wildman–Crippen MR) is 120 cm³/mol. The summed E-state index contributed by atoms with van der Waals surface area (Å²) in [6.07, 6.45) is 1.96. The lowest BCUT2D eigenvalue weighted by Gasteiger charge is -2.36. The molecule has 1 aliphatic rings. The van der Waals surface area contributed by atoms with Crippen molar-refractivity contribution in [2.75, 3.05) is 62.8 Å². The van der Waals surface area contributed by atoms with E-state index in [9.17, 15) is 14.0 Å². The lowest BCUT2D eigenvalue weighted by atomic mass is 10.2. The number of para-hydroxylation sites is 1. The van der Waals surface area contributed by atoms with Gasteiger partial charge >= 0.3 is 0 Å². The maximum Gasteiger partial charge on any atom is 0.238 e. The number of piperazine rings is 1. The standard InChI is InChI=1S/C22H27FN4O2S/c1-25(15-21(28)24-19-5-3-4-6-20(19)30-2)16-22(29)27-13-11-26(12-14-27)18-9-7-17(23)8-10-18/h3-10H,11-16H2,1-2H3,(H,24,28). The van der Waals surface area contributed by atoms with Crippen molar-refractivity contribution in [2.24, 2.45) is 0 Å². The fourth-order valence-corrected chi connectivity index (χ4v) is 3.99. The minimum absolute atomic E-state index is 0.00794. The molecule has 0 aliphatic carbocycles. The Labute approximate surface area is 181 Å². The summed E-state index contributed by atoms with van der Waals surface area (Å²) >= 11 is 1.57. The second-order valence-electron chi connectivity index (χ2n) is 7.27. The highest BCUT2D eigenvalue weighted by Gasteiger charge is 2.22. The summed E-state index contributed by atoms with van der Waals surface area (Å²) in [6, 6.07) is 14.1. The van der Waals surface area contributed by atoms with E-state index in [-0.39, 0.29) is 30.7 Å². The predicted octanol–water partition coefficient (Wildman–Crippen LogP) is 2.77. The molecule has 0 radical (unpaired) electrons. The van der Waals surface area contributed by atoms with Crippen LogP contribution in [0.4, 0.5) is 15.8 Å². The molecule has 1 aliphatic heterocycles. The average molecular weight is 431 g/mol. The van der Waals surface area contributed by atoms with E-state index in [1.165, 1.54) is 12.1 Å². The number of hydrogen-bond donors (Lipinski definition) is 1. The fraction of sp³-hybridized carbons (Fsp3) is 0.364. The van der Waals surface area contributed by atoms with Crippen LogP contribution in [0.25, 0.3) is 0 Å². The van der Waals surface area contributed by atoms with Crippen molar-refractivity contribution in [3.8, 4) is 0 Å². The zero-order valence-electron chi connectivity index (χ0n) is 17.3. The van der Waals surface area contributed by atoms with E-state index in [0.29, 0.717) is 26.2 Å². The molecular formula is C22H27FN4O2S. The molecule has 0 spiro atoms. The van der Waals surface area contributed by atoms with E-state index < -0.39 is 0 Å². The Kier molecular flexibility index (Phi) is 7.70. The summed E-state index contributed by atoms with van der Waals surface area (Å²) in [5.74, 6) is -0.391. The van der Waals surface area contributed by atoms with Crippen LogP contribution < -0.4 is 10.2 Å². The van der Waals surface area contributed by atoms with Gasteiger partial charge in [-0.2, -0.15) is 0 Å². The first-order valence-electron chi connectivity index (χ1n) is 9.86. The highest BCUT2D eigenvalue weighted by molar-refractivity contribution is 7.98. The van der Waals surface area contributed by atoms with Crippen molar-refractivity contribution >= 4 is 35.0 Å². The third kappa shape index (κ3) is 5.96. The number of halogens is 1. The third-order valence-corrected chi connectivity index (χ3v) is 5.82. The zero-order valence-corrected chi connectivity index (χ0v) is 18.1. The molecule has 0 aromatic heterocycles. The number of nitrogens with zero attached hydrogens (tertiary/aromatic N) is 3. The van der Waals surface area contributed by atoms with Gasteiger partial charge < -0.3 is 15.1 Å². The molecule has 1 N–H and O–H groups in total. The van der Waals surface area contributed by atoms with Gasteiger partial charge in [-0.3, -0.25) is 14.5 Å². The first kappa shape index (κ1) is 22.1. The molecule has 2 amide bonds. The normalized spacial score (nSPS) is 14.1. The number of likely N-dealkylation sites (N-methyl/N-ethyl adjacent to an activating group) is 1. The average Bonchev–Trinajstić information content (AvgIpc) is 2.74. The number of nitrogens with one attached hydrogen (secondary N) is 1. The van der Waals surface area contributed by atoms with E-state index in [1.807, 2.05) is 35.4 Å². The van der Waals surface area contributed by atoms with E-state index in [2.05, 4.69) is 10.2 Å². The van der Waals surface area contributed by atoms with Gasteiger partial charge in [0.05, 0.1) is 18.8 Å². The van der Waals surface area contributed by atoms with Gasteiger partial charge in [0.1, 0.15) is 5.82 Å². The lowest BCUT2D eigenvalue weighted by Crippen LogP contribution is -2.51. The molecule has 2 aromatic carbocycles. The highest BCUT2D eigenvalue weighted by Crippen LogP contribution is 2.24. The monoisotopic (exact) mass is 430 g/mol. The number of thioether (sulfide) groups is 1. The van der Waals surface area contributed by atoms with Gasteiger partial charge in [0.15, 0.2) is 0 Å². The van der Waals surface area contributed by atoms with Crippen LogP contribution in [0, 0.1) is 5.82 Å². The maximum atomic E-state index is 13.1. The Morgan fingerprint density at radius 3 is 2.37 bits per heavy atom. The molecule has 1 fully saturated rings. The van der Waals surface area contributed by atoms with E-state index in [4.69, 9.17) is 0 Å². The molecule has 30 heavy (non-hydrogen) atoms. The summed E-state index contributed by atoms with van der Waals surface area (Å²) in [5.41, 5.74) is 1.74. The molecule has 160 valence electrons. The van der Waals surface area contributed by atoms with Crippen LogP contribution in [0.2, 0.25) is 0 Å². The van der Waals surface area contributed by atoms with Crippen molar-refractivity contribution in [2.45, 2.75) is 4.90 Å². The van der Waals surface area contributed by atoms with Crippen molar-refractivity contribution in [1.82, 2.24) is 9.80 Å². The quantitative estimate of drug-likeness (QED) is 0.685. The molecule has 8 heteroatoms. The van der Waals surface area contributed by atoms with Crippen molar-refractivity contribution in [3.63, 3.8) is 0 Å². The van der Waals surface area contributed by atoms with Crippen LogP contribution in [0.5, 0.6) is 0 Å². The Morgan fingerprint density at radius 2 is 1.70 bits per heavy atom. The van der Waals surface area contributed by atoms with Gasteiger partial charge in [-0.05, 0) is 49.7 Å². The van der Waals surface area contributed by atoms with Gasteiger partial charge in [0.2, 0.25) is 11.8 Å². The molecular weight excluding hydrogens is 403 g/mol. The molecule has 6 nitrogen and oxygen atoms in total. The summed E-state index contributed by atoms with van der Waals surface area (Å²) in [5, 5.41) is 2.91. The van der Waals surface area contributed by atoms with Crippen LogP contribution in [0.1, 0.15) is 0 Å². The van der Waals surface area contributed by atoms with Crippen LogP contribution in [0.3, 0.4) is 0 Å². The SMILES string of the molecule is CSc1ccccc1NC(=O)CN(C)CC(=O)N1CCN(c2ccc(F)cc2)CC1. The third-order valence-electron chi connectivity index (χ3n) is 5.02. The van der Waals surface area contributed by atoms with Gasteiger partial charge in [0.25, 0.3) is 0 Å². The maximum absolute atomic E-state index is 13.1.